The summed E-state index contributed by atoms with van der Waals surface area (Å²) < 4.78 is 22.9. The van der Waals surface area contributed by atoms with Crippen molar-refractivity contribution in [2.45, 2.75) is 26.9 Å². The zero-order chi connectivity index (χ0) is 23.3. The Hall–Kier alpha value is -3.81. The minimum atomic E-state index is -0.710. The van der Waals surface area contributed by atoms with Gasteiger partial charge in [-0.3, -0.25) is 0 Å². The summed E-state index contributed by atoms with van der Waals surface area (Å²) in [6.45, 7) is 6.13. The van der Waals surface area contributed by atoms with Crippen LogP contribution in [0.4, 0.5) is 0 Å². The maximum atomic E-state index is 12.8. The minimum Gasteiger partial charge on any atom is -0.490 e. The van der Waals surface area contributed by atoms with Crippen molar-refractivity contribution >= 4 is 11.9 Å². The van der Waals surface area contributed by atoms with Crippen molar-refractivity contribution < 1.29 is 28.5 Å². The number of carbonyl (C=O) groups excluding carboxylic acids is 2. The first-order valence-corrected chi connectivity index (χ1v) is 10.2. The van der Waals surface area contributed by atoms with E-state index in [0.29, 0.717) is 29.4 Å². The van der Waals surface area contributed by atoms with Crippen molar-refractivity contribution in [2.24, 2.45) is 0 Å². The van der Waals surface area contributed by atoms with Gasteiger partial charge >= 0.3 is 11.9 Å². The highest BCUT2D eigenvalue weighted by atomic mass is 16.5. The summed E-state index contributed by atoms with van der Waals surface area (Å²) in [6, 6.07) is 14.2. The van der Waals surface area contributed by atoms with Crippen LogP contribution in [0.25, 0.3) is 16.9 Å². The van der Waals surface area contributed by atoms with Crippen molar-refractivity contribution in [3.63, 3.8) is 0 Å². The lowest BCUT2D eigenvalue weighted by Gasteiger charge is -2.15. The van der Waals surface area contributed by atoms with Gasteiger partial charge in [-0.15, -0.1) is 0 Å². The molecule has 0 saturated carbocycles. The second-order valence-corrected chi connectivity index (χ2v) is 7.06. The molecule has 0 spiro atoms. The second kappa shape index (κ2) is 10.00. The molecule has 168 valence electrons. The van der Waals surface area contributed by atoms with Crippen molar-refractivity contribution in [3.8, 4) is 28.4 Å². The lowest BCUT2D eigenvalue weighted by molar-refractivity contribution is 0.0549. The Morgan fingerprint density at radius 3 is 2.25 bits per heavy atom. The first-order chi connectivity index (χ1) is 15.4. The lowest BCUT2D eigenvalue weighted by Crippen LogP contribution is -2.15. The molecule has 3 aromatic rings. The van der Waals surface area contributed by atoms with Crippen LogP contribution in [0.2, 0.25) is 0 Å². The van der Waals surface area contributed by atoms with Gasteiger partial charge in [-0.2, -0.15) is 5.10 Å². The number of hydrogen-bond donors (Lipinski definition) is 0. The summed E-state index contributed by atoms with van der Waals surface area (Å²) in [5.74, 6) is -0.342. The van der Waals surface area contributed by atoms with Crippen LogP contribution < -0.4 is 9.47 Å². The predicted molar refractivity (Wildman–Crippen MR) is 119 cm³/mol. The van der Waals surface area contributed by atoms with E-state index in [2.05, 4.69) is 5.10 Å². The van der Waals surface area contributed by atoms with Crippen molar-refractivity contribution in [1.82, 2.24) is 9.78 Å². The summed E-state index contributed by atoms with van der Waals surface area (Å²) >= 11 is 0. The number of rotatable bonds is 8. The van der Waals surface area contributed by atoms with Gasteiger partial charge in [-0.25, -0.2) is 14.3 Å². The summed E-state index contributed by atoms with van der Waals surface area (Å²) in [5, 5.41) is 4.60. The van der Waals surface area contributed by atoms with Crippen LogP contribution in [0.5, 0.6) is 11.5 Å². The first-order valence-electron chi connectivity index (χ1n) is 10.2. The number of esters is 2. The molecular formula is C24H26N2O6. The number of para-hydroxylation sites is 1. The highest BCUT2D eigenvalue weighted by Gasteiger charge is 2.31. The predicted octanol–water partition coefficient (Wildman–Crippen LogP) is 4.30. The number of aromatic nitrogens is 2. The van der Waals surface area contributed by atoms with E-state index in [0.717, 1.165) is 0 Å². The third kappa shape index (κ3) is 4.59. The summed E-state index contributed by atoms with van der Waals surface area (Å²) in [7, 11) is 2.49. The van der Waals surface area contributed by atoms with E-state index in [4.69, 9.17) is 18.9 Å². The first kappa shape index (κ1) is 22.9. The Kier molecular flexibility index (Phi) is 7.14. The molecule has 0 atom stereocenters. The second-order valence-electron chi connectivity index (χ2n) is 7.06. The highest BCUT2D eigenvalue weighted by molar-refractivity contribution is 6.06. The molecule has 1 heterocycles. The van der Waals surface area contributed by atoms with Crippen LogP contribution in [0.15, 0.2) is 48.5 Å². The van der Waals surface area contributed by atoms with Gasteiger partial charge in [0.25, 0.3) is 0 Å². The summed E-state index contributed by atoms with van der Waals surface area (Å²) in [4.78, 5) is 25.5. The average molecular weight is 438 g/mol. The van der Waals surface area contributed by atoms with Gasteiger partial charge in [0.1, 0.15) is 11.3 Å². The van der Waals surface area contributed by atoms with Gasteiger partial charge in [0.2, 0.25) is 0 Å². The van der Waals surface area contributed by atoms with Crippen LogP contribution >= 0.6 is 0 Å². The van der Waals surface area contributed by atoms with Gasteiger partial charge in [0.05, 0.1) is 32.6 Å². The number of carbonyl (C=O) groups is 2. The van der Waals surface area contributed by atoms with Gasteiger partial charge in [0.15, 0.2) is 17.2 Å². The maximum Gasteiger partial charge on any atom is 0.357 e. The molecule has 0 aliphatic carbocycles. The Balaban J connectivity index is 2.28. The normalized spacial score (nSPS) is 10.7. The van der Waals surface area contributed by atoms with Crippen molar-refractivity contribution in [1.29, 1.82) is 0 Å². The fraction of sp³-hybridized carbons (Fsp3) is 0.292. The molecule has 0 bridgehead atoms. The smallest absolute Gasteiger partial charge is 0.357 e. The van der Waals surface area contributed by atoms with Gasteiger partial charge < -0.3 is 18.9 Å². The Labute approximate surface area is 186 Å². The maximum absolute atomic E-state index is 12.8. The molecule has 0 fully saturated rings. The molecule has 8 nitrogen and oxygen atoms in total. The number of methoxy groups -OCH3 is 2. The van der Waals surface area contributed by atoms with Gasteiger partial charge in [0, 0.05) is 5.56 Å². The van der Waals surface area contributed by atoms with E-state index >= 15 is 0 Å². The Morgan fingerprint density at radius 2 is 1.66 bits per heavy atom. The fourth-order valence-corrected chi connectivity index (χ4v) is 3.23. The van der Waals surface area contributed by atoms with E-state index in [9.17, 15) is 9.59 Å². The van der Waals surface area contributed by atoms with Crippen LogP contribution in [-0.4, -0.2) is 48.6 Å². The quantitative estimate of drug-likeness (QED) is 0.485. The van der Waals surface area contributed by atoms with Crippen molar-refractivity contribution in [2.75, 3.05) is 20.8 Å². The van der Waals surface area contributed by atoms with Crippen LogP contribution in [0, 0.1) is 0 Å². The zero-order valence-electron chi connectivity index (χ0n) is 18.7. The van der Waals surface area contributed by atoms with Crippen LogP contribution in [0.3, 0.4) is 0 Å². The molecule has 8 heteroatoms. The van der Waals surface area contributed by atoms with E-state index in [1.807, 2.05) is 26.8 Å². The largest absolute Gasteiger partial charge is 0.490 e. The molecule has 0 aliphatic heterocycles. The third-order valence-electron chi connectivity index (χ3n) is 4.53. The average Bonchev–Trinajstić information content (AvgIpc) is 3.20. The van der Waals surface area contributed by atoms with Gasteiger partial charge in [-0.1, -0.05) is 18.2 Å². The molecule has 32 heavy (non-hydrogen) atoms. The lowest BCUT2D eigenvalue weighted by atomic mass is 10.0. The fourth-order valence-electron chi connectivity index (χ4n) is 3.23. The topological polar surface area (TPSA) is 88.9 Å². The van der Waals surface area contributed by atoms with Crippen LogP contribution in [0.1, 0.15) is 41.6 Å². The Morgan fingerprint density at radius 1 is 0.969 bits per heavy atom. The summed E-state index contributed by atoms with van der Waals surface area (Å²) in [5.41, 5.74) is 1.39. The number of benzene rings is 2. The molecular weight excluding hydrogens is 412 g/mol. The third-order valence-corrected chi connectivity index (χ3v) is 4.53. The van der Waals surface area contributed by atoms with Gasteiger partial charge in [-0.05, 0) is 51.1 Å². The molecule has 0 amide bonds. The van der Waals surface area contributed by atoms with E-state index in [-0.39, 0.29) is 23.1 Å². The van der Waals surface area contributed by atoms with E-state index < -0.39 is 11.9 Å². The van der Waals surface area contributed by atoms with E-state index in [1.54, 1.807) is 42.5 Å². The molecule has 3 rings (SSSR count). The van der Waals surface area contributed by atoms with Crippen LogP contribution in [-0.2, 0) is 9.47 Å². The molecule has 0 radical (unpaired) electrons. The monoisotopic (exact) mass is 438 g/mol. The number of hydrogen-bond acceptors (Lipinski definition) is 7. The standard InChI is InChI=1S/C24H26N2O6/c1-6-31-19-14-16(12-13-18(19)32-15(2)3)21-20(23(27)29-4)22(24(28)30-5)26(25-21)17-10-8-7-9-11-17/h7-15H,6H2,1-5H3. The summed E-state index contributed by atoms with van der Waals surface area (Å²) in [6.07, 6.45) is -0.0473. The molecule has 0 saturated heterocycles. The van der Waals surface area contributed by atoms with Crippen molar-refractivity contribution in [3.05, 3.63) is 59.8 Å². The molecule has 0 aliphatic rings. The SMILES string of the molecule is CCOc1cc(-c2nn(-c3ccccc3)c(C(=O)OC)c2C(=O)OC)ccc1OC(C)C. The Bertz CT molecular complexity index is 1110. The molecule has 2 aromatic carbocycles. The number of nitrogens with zero attached hydrogens (tertiary/aromatic N) is 2. The zero-order valence-corrected chi connectivity index (χ0v) is 18.7. The highest BCUT2D eigenvalue weighted by Crippen LogP contribution is 2.36. The minimum absolute atomic E-state index is 0.00294. The molecule has 1 aromatic heterocycles. The molecule has 0 N–H and O–H groups in total. The van der Waals surface area contributed by atoms with E-state index in [1.165, 1.54) is 18.9 Å². The number of ether oxygens (including phenoxy) is 4. The molecule has 0 unspecified atom stereocenters.